The maximum Gasteiger partial charge on any atom is 0.146 e. The van der Waals surface area contributed by atoms with E-state index in [1.807, 2.05) is 20.2 Å². The third-order valence-electron chi connectivity index (χ3n) is 4.25. The third-order valence-corrected chi connectivity index (χ3v) is 4.25. The van der Waals surface area contributed by atoms with Crippen molar-refractivity contribution < 1.29 is 4.39 Å². The molecule has 0 spiro atoms. The standard InChI is InChI=1S/C16H26FN3/c1-13(18-2)14-7-6-8-15(17)16(14)19(3)11-12-20-9-4-5-10-20/h6-8,13,18H,4-5,9-12H2,1-3H3. The second-order valence-corrected chi connectivity index (χ2v) is 5.66. The van der Waals surface area contributed by atoms with Gasteiger partial charge in [0.15, 0.2) is 0 Å². The van der Waals surface area contributed by atoms with E-state index in [1.165, 1.54) is 25.9 Å². The molecule has 0 aromatic heterocycles. The Bertz CT molecular complexity index is 430. The number of likely N-dealkylation sites (tertiary alicyclic amines) is 1. The Morgan fingerprint density at radius 1 is 1.35 bits per heavy atom. The molecule has 1 unspecified atom stereocenters. The highest BCUT2D eigenvalue weighted by molar-refractivity contribution is 5.55. The number of nitrogens with zero attached hydrogens (tertiary/aromatic N) is 2. The molecule has 0 amide bonds. The predicted octanol–water partition coefficient (Wildman–Crippen LogP) is 2.64. The summed E-state index contributed by atoms with van der Waals surface area (Å²) in [5.74, 6) is -0.131. The van der Waals surface area contributed by atoms with Gasteiger partial charge >= 0.3 is 0 Å². The summed E-state index contributed by atoms with van der Waals surface area (Å²) in [6.07, 6.45) is 2.59. The summed E-state index contributed by atoms with van der Waals surface area (Å²) in [5.41, 5.74) is 1.75. The summed E-state index contributed by atoms with van der Waals surface area (Å²) in [5, 5.41) is 3.20. The fourth-order valence-corrected chi connectivity index (χ4v) is 2.85. The molecule has 1 aliphatic rings. The molecule has 3 nitrogen and oxygen atoms in total. The number of nitrogens with one attached hydrogen (secondary N) is 1. The summed E-state index contributed by atoms with van der Waals surface area (Å²) in [4.78, 5) is 4.51. The van der Waals surface area contributed by atoms with Crippen LogP contribution in [0.15, 0.2) is 18.2 Å². The zero-order valence-electron chi connectivity index (χ0n) is 12.8. The van der Waals surface area contributed by atoms with Gasteiger partial charge in [0.2, 0.25) is 0 Å². The first-order chi connectivity index (χ1) is 9.63. The van der Waals surface area contributed by atoms with Crippen molar-refractivity contribution in [2.75, 3.05) is 45.2 Å². The van der Waals surface area contributed by atoms with E-state index in [1.54, 1.807) is 12.1 Å². The van der Waals surface area contributed by atoms with Crippen LogP contribution in [0.5, 0.6) is 0 Å². The normalized spacial score (nSPS) is 17.4. The number of hydrogen-bond donors (Lipinski definition) is 1. The molecule has 1 saturated heterocycles. The molecular formula is C16H26FN3. The average Bonchev–Trinajstić information content (AvgIpc) is 2.97. The summed E-state index contributed by atoms with van der Waals surface area (Å²) in [6.45, 7) is 6.31. The lowest BCUT2D eigenvalue weighted by Crippen LogP contribution is -2.32. The van der Waals surface area contributed by atoms with Gasteiger partial charge in [0.1, 0.15) is 5.82 Å². The predicted molar refractivity (Wildman–Crippen MR) is 82.8 cm³/mol. The number of benzene rings is 1. The summed E-state index contributed by atoms with van der Waals surface area (Å²) in [7, 11) is 3.89. The fraction of sp³-hybridized carbons (Fsp3) is 0.625. The zero-order chi connectivity index (χ0) is 14.5. The molecule has 1 aromatic rings. The van der Waals surface area contributed by atoms with Crippen molar-refractivity contribution in [3.05, 3.63) is 29.6 Å². The molecule has 0 bridgehead atoms. The van der Waals surface area contributed by atoms with E-state index >= 15 is 0 Å². The largest absolute Gasteiger partial charge is 0.371 e. The van der Waals surface area contributed by atoms with E-state index in [0.29, 0.717) is 0 Å². The van der Waals surface area contributed by atoms with Crippen LogP contribution in [0.25, 0.3) is 0 Å². The lowest BCUT2D eigenvalue weighted by Gasteiger charge is -2.27. The Morgan fingerprint density at radius 2 is 2.05 bits per heavy atom. The van der Waals surface area contributed by atoms with Gasteiger partial charge in [-0.1, -0.05) is 12.1 Å². The van der Waals surface area contributed by atoms with Crippen LogP contribution in [0.4, 0.5) is 10.1 Å². The molecule has 20 heavy (non-hydrogen) atoms. The Kier molecular flexibility index (Phi) is 5.38. The monoisotopic (exact) mass is 279 g/mol. The summed E-state index contributed by atoms with van der Waals surface area (Å²) < 4.78 is 14.2. The smallest absolute Gasteiger partial charge is 0.146 e. The van der Waals surface area contributed by atoms with Crippen molar-refractivity contribution in [2.24, 2.45) is 0 Å². The van der Waals surface area contributed by atoms with Crippen LogP contribution >= 0.6 is 0 Å². The first-order valence-electron chi connectivity index (χ1n) is 7.52. The number of anilines is 1. The first kappa shape index (κ1) is 15.3. The maximum absolute atomic E-state index is 14.2. The molecule has 1 aliphatic heterocycles. The molecule has 1 atom stereocenters. The van der Waals surface area contributed by atoms with Crippen LogP contribution in [0.1, 0.15) is 31.4 Å². The number of likely N-dealkylation sites (N-methyl/N-ethyl adjacent to an activating group) is 1. The van der Waals surface area contributed by atoms with Gasteiger partial charge in [0.05, 0.1) is 5.69 Å². The Morgan fingerprint density at radius 3 is 2.70 bits per heavy atom. The zero-order valence-corrected chi connectivity index (χ0v) is 12.8. The Balaban J connectivity index is 2.09. The van der Waals surface area contributed by atoms with E-state index in [2.05, 4.69) is 22.0 Å². The quantitative estimate of drug-likeness (QED) is 0.863. The molecule has 1 aromatic carbocycles. The van der Waals surface area contributed by atoms with Crippen LogP contribution in [0, 0.1) is 5.82 Å². The SMILES string of the molecule is CNC(C)c1cccc(F)c1N(C)CCN1CCCC1. The van der Waals surface area contributed by atoms with Gasteiger partial charge in [-0.15, -0.1) is 0 Å². The van der Waals surface area contributed by atoms with Crippen molar-refractivity contribution in [1.29, 1.82) is 0 Å². The van der Waals surface area contributed by atoms with Crippen LogP contribution in [0.3, 0.4) is 0 Å². The van der Waals surface area contributed by atoms with E-state index in [4.69, 9.17) is 0 Å². The van der Waals surface area contributed by atoms with E-state index in [0.717, 1.165) is 24.3 Å². The molecule has 1 N–H and O–H groups in total. The van der Waals surface area contributed by atoms with Gasteiger partial charge in [0.25, 0.3) is 0 Å². The van der Waals surface area contributed by atoms with Crippen molar-refractivity contribution in [3.8, 4) is 0 Å². The van der Waals surface area contributed by atoms with Crippen LogP contribution in [0.2, 0.25) is 0 Å². The lowest BCUT2D eigenvalue weighted by molar-refractivity contribution is 0.346. The third kappa shape index (κ3) is 3.49. The first-order valence-corrected chi connectivity index (χ1v) is 7.52. The summed E-state index contributed by atoms with van der Waals surface area (Å²) in [6, 6.07) is 5.49. The highest BCUT2D eigenvalue weighted by Crippen LogP contribution is 2.28. The Labute approximate surface area is 121 Å². The maximum atomic E-state index is 14.2. The second-order valence-electron chi connectivity index (χ2n) is 5.66. The van der Waals surface area contributed by atoms with Gasteiger partial charge < -0.3 is 15.1 Å². The molecule has 1 fully saturated rings. The van der Waals surface area contributed by atoms with Crippen molar-refractivity contribution in [1.82, 2.24) is 10.2 Å². The van der Waals surface area contributed by atoms with Crippen LogP contribution in [-0.4, -0.2) is 45.2 Å². The fourth-order valence-electron chi connectivity index (χ4n) is 2.85. The second kappa shape index (κ2) is 7.04. The van der Waals surface area contributed by atoms with Gasteiger partial charge in [-0.25, -0.2) is 4.39 Å². The van der Waals surface area contributed by atoms with E-state index in [9.17, 15) is 4.39 Å². The number of halogens is 1. The average molecular weight is 279 g/mol. The lowest BCUT2D eigenvalue weighted by atomic mass is 10.0. The number of para-hydroxylation sites is 1. The summed E-state index contributed by atoms with van der Waals surface area (Å²) >= 11 is 0. The van der Waals surface area contributed by atoms with E-state index < -0.39 is 0 Å². The van der Waals surface area contributed by atoms with Gasteiger partial charge in [-0.3, -0.25) is 0 Å². The minimum atomic E-state index is -0.131. The minimum absolute atomic E-state index is 0.131. The highest BCUT2D eigenvalue weighted by Gasteiger charge is 2.18. The van der Waals surface area contributed by atoms with Gasteiger partial charge in [-0.2, -0.15) is 0 Å². The number of rotatable bonds is 6. The molecule has 0 aliphatic carbocycles. The van der Waals surface area contributed by atoms with Crippen molar-refractivity contribution >= 4 is 5.69 Å². The van der Waals surface area contributed by atoms with Crippen LogP contribution in [-0.2, 0) is 0 Å². The molecule has 0 saturated carbocycles. The topological polar surface area (TPSA) is 18.5 Å². The molecule has 4 heteroatoms. The molecule has 2 rings (SSSR count). The van der Waals surface area contributed by atoms with E-state index in [-0.39, 0.29) is 11.9 Å². The van der Waals surface area contributed by atoms with Crippen LogP contribution < -0.4 is 10.2 Å². The number of hydrogen-bond acceptors (Lipinski definition) is 3. The van der Waals surface area contributed by atoms with Gasteiger partial charge in [0, 0.05) is 26.2 Å². The molecular weight excluding hydrogens is 253 g/mol. The molecule has 1 heterocycles. The van der Waals surface area contributed by atoms with Crippen molar-refractivity contribution in [2.45, 2.75) is 25.8 Å². The van der Waals surface area contributed by atoms with Gasteiger partial charge in [-0.05, 0) is 51.5 Å². The highest BCUT2D eigenvalue weighted by atomic mass is 19.1. The molecule has 0 radical (unpaired) electrons. The minimum Gasteiger partial charge on any atom is -0.371 e. The Hall–Kier alpha value is -1.13. The van der Waals surface area contributed by atoms with Crippen molar-refractivity contribution in [3.63, 3.8) is 0 Å². The molecule has 112 valence electrons.